The van der Waals surface area contributed by atoms with Crippen LogP contribution in [0.5, 0.6) is 0 Å². The van der Waals surface area contributed by atoms with Crippen molar-refractivity contribution in [2.75, 3.05) is 11.9 Å². The number of primary amides is 1. The minimum absolute atomic E-state index is 0.0218. The summed E-state index contributed by atoms with van der Waals surface area (Å²) in [4.78, 5) is 21.8. The maximum absolute atomic E-state index is 12.0. The van der Waals surface area contributed by atoms with Crippen molar-refractivity contribution < 1.29 is 14.7 Å². The Balaban J connectivity index is 0.000000516. The maximum atomic E-state index is 12.0. The summed E-state index contributed by atoms with van der Waals surface area (Å²) in [5.74, 6) is 0.0512. The van der Waals surface area contributed by atoms with Crippen LogP contribution in [0.25, 0.3) is 0 Å². The van der Waals surface area contributed by atoms with Gasteiger partial charge in [-0.3, -0.25) is 4.79 Å². The Labute approximate surface area is 170 Å². The SMILES string of the molecule is CC(C)C(N)c1cn(CC(=O)Nc2ccc(CO)cc2)nn1.CCCNC(N)=O. The number of aliphatic hydroxyl groups is 1. The number of aliphatic hydroxyl groups excluding tert-OH is 1. The molecule has 1 atom stereocenters. The van der Waals surface area contributed by atoms with Crippen molar-refractivity contribution in [2.24, 2.45) is 17.4 Å². The van der Waals surface area contributed by atoms with E-state index in [4.69, 9.17) is 16.6 Å². The number of benzene rings is 1. The number of hydrogen-bond donors (Lipinski definition) is 5. The Morgan fingerprint density at radius 2 is 1.90 bits per heavy atom. The first-order chi connectivity index (χ1) is 13.8. The molecule has 1 unspecified atom stereocenters. The van der Waals surface area contributed by atoms with Crippen molar-refractivity contribution in [3.8, 4) is 0 Å². The van der Waals surface area contributed by atoms with Crippen LogP contribution in [0, 0.1) is 5.92 Å². The molecule has 0 radical (unpaired) electrons. The number of amides is 3. The summed E-state index contributed by atoms with van der Waals surface area (Å²) >= 11 is 0. The van der Waals surface area contributed by atoms with E-state index in [-0.39, 0.29) is 31.0 Å². The molecule has 0 spiro atoms. The number of carbonyl (C=O) groups is 2. The number of aromatic nitrogens is 3. The monoisotopic (exact) mass is 405 g/mol. The van der Waals surface area contributed by atoms with Gasteiger partial charge in [-0.1, -0.05) is 38.1 Å². The van der Waals surface area contributed by atoms with Gasteiger partial charge in [-0.05, 0) is 30.0 Å². The predicted octanol–water partition coefficient (Wildman–Crippen LogP) is 1.13. The fraction of sp³-hybridized carbons (Fsp3) is 0.474. The zero-order valence-corrected chi connectivity index (χ0v) is 17.1. The molecule has 3 amide bonds. The third-order valence-electron chi connectivity index (χ3n) is 3.89. The van der Waals surface area contributed by atoms with Crippen LogP contribution in [-0.4, -0.2) is 38.6 Å². The third kappa shape index (κ3) is 9.17. The van der Waals surface area contributed by atoms with Gasteiger partial charge in [0.15, 0.2) is 0 Å². The number of carbonyl (C=O) groups excluding carboxylic acids is 2. The second-order valence-corrected chi connectivity index (χ2v) is 6.81. The van der Waals surface area contributed by atoms with Gasteiger partial charge in [0, 0.05) is 12.2 Å². The van der Waals surface area contributed by atoms with Gasteiger partial charge in [0.1, 0.15) is 6.54 Å². The number of anilines is 1. The molecule has 1 aromatic carbocycles. The van der Waals surface area contributed by atoms with Crippen molar-refractivity contribution in [3.63, 3.8) is 0 Å². The molecule has 2 rings (SSSR count). The van der Waals surface area contributed by atoms with Gasteiger partial charge in [-0.2, -0.15) is 0 Å². The summed E-state index contributed by atoms with van der Waals surface area (Å²) < 4.78 is 1.47. The Bertz CT molecular complexity index is 759. The molecule has 2 aromatic rings. The molecular formula is C19H31N7O3. The Kier molecular flexibility index (Phi) is 10.3. The Morgan fingerprint density at radius 1 is 1.24 bits per heavy atom. The molecule has 10 nitrogen and oxygen atoms in total. The van der Waals surface area contributed by atoms with E-state index in [1.807, 2.05) is 20.8 Å². The van der Waals surface area contributed by atoms with Crippen LogP contribution in [0.2, 0.25) is 0 Å². The molecular weight excluding hydrogens is 374 g/mol. The van der Waals surface area contributed by atoms with E-state index in [1.165, 1.54) is 4.68 Å². The summed E-state index contributed by atoms with van der Waals surface area (Å²) in [6, 6.07) is 6.36. The molecule has 29 heavy (non-hydrogen) atoms. The van der Waals surface area contributed by atoms with Crippen LogP contribution >= 0.6 is 0 Å². The molecule has 7 N–H and O–H groups in total. The van der Waals surface area contributed by atoms with E-state index in [1.54, 1.807) is 30.5 Å². The second kappa shape index (κ2) is 12.5. The highest BCUT2D eigenvalue weighted by molar-refractivity contribution is 5.90. The minimum atomic E-state index is -0.443. The average molecular weight is 406 g/mol. The average Bonchev–Trinajstić information content (AvgIpc) is 3.14. The van der Waals surface area contributed by atoms with Gasteiger partial charge < -0.3 is 27.2 Å². The minimum Gasteiger partial charge on any atom is -0.392 e. The van der Waals surface area contributed by atoms with Gasteiger partial charge in [0.25, 0.3) is 0 Å². The van der Waals surface area contributed by atoms with Crippen LogP contribution in [0.15, 0.2) is 30.5 Å². The van der Waals surface area contributed by atoms with Crippen molar-refractivity contribution in [1.82, 2.24) is 20.3 Å². The first-order valence-electron chi connectivity index (χ1n) is 9.45. The van der Waals surface area contributed by atoms with Gasteiger partial charge in [-0.25, -0.2) is 9.48 Å². The van der Waals surface area contributed by atoms with Crippen LogP contribution in [0.4, 0.5) is 10.5 Å². The predicted molar refractivity (Wildman–Crippen MR) is 111 cm³/mol. The molecule has 0 fully saturated rings. The lowest BCUT2D eigenvalue weighted by molar-refractivity contribution is -0.116. The largest absolute Gasteiger partial charge is 0.392 e. The Hall–Kier alpha value is -2.98. The highest BCUT2D eigenvalue weighted by atomic mass is 16.3. The van der Waals surface area contributed by atoms with Crippen molar-refractivity contribution in [1.29, 1.82) is 0 Å². The van der Waals surface area contributed by atoms with E-state index in [0.717, 1.165) is 12.0 Å². The molecule has 0 bridgehead atoms. The lowest BCUT2D eigenvalue weighted by Crippen LogP contribution is -2.29. The van der Waals surface area contributed by atoms with E-state index < -0.39 is 6.03 Å². The van der Waals surface area contributed by atoms with Crippen LogP contribution in [0.1, 0.15) is 44.5 Å². The summed E-state index contributed by atoms with van der Waals surface area (Å²) in [7, 11) is 0. The van der Waals surface area contributed by atoms with Gasteiger partial charge >= 0.3 is 6.03 Å². The first kappa shape index (κ1) is 24.1. The zero-order valence-electron chi connectivity index (χ0n) is 17.1. The number of nitrogens with two attached hydrogens (primary N) is 2. The van der Waals surface area contributed by atoms with Crippen molar-refractivity contribution in [3.05, 3.63) is 41.7 Å². The fourth-order valence-electron chi connectivity index (χ4n) is 2.17. The Morgan fingerprint density at radius 3 is 2.38 bits per heavy atom. The van der Waals surface area contributed by atoms with E-state index >= 15 is 0 Å². The van der Waals surface area contributed by atoms with E-state index in [2.05, 4.69) is 20.9 Å². The second-order valence-electron chi connectivity index (χ2n) is 6.81. The number of nitrogens with one attached hydrogen (secondary N) is 2. The topological polar surface area (TPSA) is 161 Å². The van der Waals surface area contributed by atoms with Crippen LogP contribution in [0.3, 0.4) is 0 Å². The quantitative estimate of drug-likeness (QED) is 0.442. The number of rotatable bonds is 8. The number of urea groups is 1. The van der Waals surface area contributed by atoms with E-state index in [0.29, 0.717) is 17.9 Å². The highest BCUT2D eigenvalue weighted by Crippen LogP contribution is 2.15. The van der Waals surface area contributed by atoms with Gasteiger partial charge in [0.05, 0.1) is 24.5 Å². The normalized spacial score (nSPS) is 11.4. The highest BCUT2D eigenvalue weighted by Gasteiger charge is 2.15. The molecule has 0 aliphatic carbocycles. The lowest BCUT2D eigenvalue weighted by Gasteiger charge is -2.11. The van der Waals surface area contributed by atoms with Crippen LogP contribution < -0.4 is 22.1 Å². The summed E-state index contributed by atoms with van der Waals surface area (Å²) in [5.41, 5.74) is 12.9. The van der Waals surface area contributed by atoms with Crippen molar-refractivity contribution in [2.45, 2.75) is 46.4 Å². The molecule has 0 saturated carbocycles. The third-order valence-corrected chi connectivity index (χ3v) is 3.89. The first-order valence-corrected chi connectivity index (χ1v) is 9.45. The molecule has 1 heterocycles. The molecule has 160 valence electrons. The van der Waals surface area contributed by atoms with Crippen molar-refractivity contribution >= 4 is 17.6 Å². The smallest absolute Gasteiger partial charge is 0.312 e. The summed E-state index contributed by atoms with van der Waals surface area (Å²) in [6.07, 6.45) is 2.63. The maximum Gasteiger partial charge on any atom is 0.312 e. The number of hydrogen-bond acceptors (Lipinski definition) is 6. The molecule has 0 aliphatic heterocycles. The van der Waals surface area contributed by atoms with Crippen LogP contribution in [-0.2, 0) is 17.9 Å². The fourth-order valence-corrected chi connectivity index (χ4v) is 2.17. The van der Waals surface area contributed by atoms with Gasteiger partial charge in [0.2, 0.25) is 5.91 Å². The van der Waals surface area contributed by atoms with Gasteiger partial charge in [-0.15, -0.1) is 5.10 Å². The summed E-state index contributed by atoms with van der Waals surface area (Å²) in [6.45, 7) is 6.70. The number of nitrogens with zero attached hydrogens (tertiary/aromatic N) is 3. The molecule has 1 aromatic heterocycles. The molecule has 0 saturated heterocycles. The molecule has 10 heteroatoms. The summed E-state index contributed by atoms with van der Waals surface area (Å²) in [5, 5.41) is 22.1. The van der Waals surface area contributed by atoms with E-state index in [9.17, 15) is 9.59 Å². The zero-order chi connectivity index (χ0) is 21.8. The standard InChI is InChI=1S/C15H21N5O2.C4H10N2O/c1-10(2)15(16)13-7-20(19-18-13)8-14(22)17-12-5-3-11(9-21)4-6-12;1-2-3-6-4(5)7/h3-7,10,15,21H,8-9,16H2,1-2H3,(H,17,22);2-3H2,1H3,(H3,5,6,7). The molecule has 0 aliphatic rings. The lowest BCUT2D eigenvalue weighted by atomic mass is 10.0.